The number of nitrogens with zero attached hydrogens (tertiary/aromatic N) is 3. The zero-order valence-corrected chi connectivity index (χ0v) is 17.1. The van der Waals surface area contributed by atoms with Crippen LogP contribution < -0.4 is 15.5 Å². The first kappa shape index (κ1) is 19.9. The quantitative estimate of drug-likeness (QED) is 0.583. The summed E-state index contributed by atoms with van der Waals surface area (Å²) in [5.74, 6) is 2.94. The van der Waals surface area contributed by atoms with Gasteiger partial charge in [-0.3, -0.25) is 0 Å². The van der Waals surface area contributed by atoms with Crippen molar-refractivity contribution >= 4 is 21.6 Å². The number of anilines is 1. The standard InChI is InChI=1S/C19H31N5O2S/c1-3-20-19(23-17-8-11-27(25,26)14-17)22-13-16-4-5-18(21-12-16)24-9-6-15(2)7-10-24/h4-5,12,15,17H,3,6-11,13-14H2,1-2H3,(H2,20,22,23). The minimum Gasteiger partial charge on any atom is -0.357 e. The van der Waals surface area contributed by atoms with E-state index in [2.05, 4.69) is 44.6 Å². The Hall–Kier alpha value is -1.83. The van der Waals surface area contributed by atoms with E-state index < -0.39 is 9.84 Å². The van der Waals surface area contributed by atoms with Gasteiger partial charge in [0.1, 0.15) is 5.82 Å². The summed E-state index contributed by atoms with van der Waals surface area (Å²) in [6.45, 7) is 7.70. The van der Waals surface area contributed by atoms with Crippen LogP contribution in [0.3, 0.4) is 0 Å². The maximum atomic E-state index is 11.6. The molecule has 0 amide bonds. The Morgan fingerprint density at radius 1 is 1.30 bits per heavy atom. The van der Waals surface area contributed by atoms with E-state index in [0.717, 1.165) is 36.9 Å². The van der Waals surface area contributed by atoms with Crippen molar-refractivity contribution in [2.75, 3.05) is 36.0 Å². The van der Waals surface area contributed by atoms with Crippen LogP contribution in [0.15, 0.2) is 23.3 Å². The van der Waals surface area contributed by atoms with Crippen molar-refractivity contribution in [1.82, 2.24) is 15.6 Å². The molecule has 0 bridgehead atoms. The van der Waals surface area contributed by atoms with Crippen LogP contribution in [0.25, 0.3) is 0 Å². The summed E-state index contributed by atoms with van der Waals surface area (Å²) < 4.78 is 23.3. The summed E-state index contributed by atoms with van der Waals surface area (Å²) in [4.78, 5) is 11.5. The summed E-state index contributed by atoms with van der Waals surface area (Å²) in [5.41, 5.74) is 1.04. The summed E-state index contributed by atoms with van der Waals surface area (Å²) in [5, 5.41) is 6.43. The Morgan fingerprint density at radius 3 is 2.67 bits per heavy atom. The number of aliphatic imine (C=N–C) groups is 1. The third-order valence-corrected chi connectivity index (χ3v) is 7.02. The highest BCUT2D eigenvalue weighted by Crippen LogP contribution is 2.21. The Morgan fingerprint density at radius 2 is 2.07 bits per heavy atom. The van der Waals surface area contributed by atoms with Gasteiger partial charge in [-0.15, -0.1) is 0 Å². The molecule has 0 aliphatic carbocycles. The molecular formula is C19H31N5O2S. The molecule has 0 saturated carbocycles. The number of pyridine rings is 1. The van der Waals surface area contributed by atoms with Crippen molar-refractivity contribution in [3.63, 3.8) is 0 Å². The van der Waals surface area contributed by atoms with E-state index in [1.54, 1.807) is 0 Å². The molecule has 1 unspecified atom stereocenters. The summed E-state index contributed by atoms with van der Waals surface area (Å²) in [6.07, 6.45) is 4.97. The minimum atomic E-state index is -2.90. The van der Waals surface area contributed by atoms with Gasteiger partial charge >= 0.3 is 0 Å². The zero-order chi connectivity index (χ0) is 19.3. The van der Waals surface area contributed by atoms with E-state index >= 15 is 0 Å². The maximum Gasteiger partial charge on any atom is 0.191 e. The van der Waals surface area contributed by atoms with Crippen LogP contribution in [0.4, 0.5) is 5.82 Å². The van der Waals surface area contributed by atoms with E-state index in [9.17, 15) is 8.42 Å². The SMILES string of the molecule is CCNC(=NCc1ccc(N2CCC(C)CC2)nc1)NC1CCS(=O)(=O)C1. The van der Waals surface area contributed by atoms with Crippen molar-refractivity contribution < 1.29 is 8.42 Å². The molecule has 8 heteroatoms. The Balaban J connectivity index is 1.57. The first-order chi connectivity index (χ1) is 12.9. The van der Waals surface area contributed by atoms with Gasteiger partial charge in [0.05, 0.1) is 18.1 Å². The van der Waals surface area contributed by atoms with Crippen molar-refractivity contribution in [2.45, 2.75) is 45.7 Å². The van der Waals surface area contributed by atoms with Gasteiger partial charge in [-0.05, 0) is 43.7 Å². The Labute approximate surface area is 162 Å². The molecular weight excluding hydrogens is 362 g/mol. The van der Waals surface area contributed by atoms with Gasteiger partial charge in [-0.1, -0.05) is 13.0 Å². The van der Waals surface area contributed by atoms with Crippen LogP contribution in [0.5, 0.6) is 0 Å². The lowest BCUT2D eigenvalue weighted by atomic mass is 9.99. The fourth-order valence-electron chi connectivity index (χ4n) is 3.53. The lowest BCUT2D eigenvalue weighted by Crippen LogP contribution is -2.44. The number of hydrogen-bond donors (Lipinski definition) is 2. The van der Waals surface area contributed by atoms with Gasteiger partial charge in [-0.25, -0.2) is 18.4 Å². The van der Waals surface area contributed by atoms with E-state index in [1.165, 1.54) is 12.8 Å². The monoisotopic (exact) mass is 393 g/mol. The number of aromatic nitrogens is 1. The van der Waals surface area contributed by atoms with E-state index in [4.69, 9.17) is 0 Å². The second-order valence-corrected chi connectivity index (χ2v) is 9.86. The molecule has 0 radical (unpaired) electrons. The highest BCUT2D eigenvalue weighted by Gasteiger charge is 2.28. The van der Waals surface area contributed by atoms with Crippen LogP contribution in [-0.4, -0.2) is 56.5 Å². The molecule has 150 valence electrons. The third kappa shape index (κ3) is 5.82. The van der Waals surface area contributed by atoms with E-state index in [0.29, 0.717) is 18.9 Å². The minimum absolute atomic E-state index is 0.0604. The lowest BCUT2D eigenvalue weighted by molar-refractivity contribution is 0.436. The van der Waals surface area contributed by atoms with Crippen LogP contribution in [-0.2, 0) is 16.4 Å². The van der Waals surface area contributed by atoms with E-state index in [1.807, 2.05) is 13.1 Å². The van der Waals surface area contributed by atoms with Gasteiger partial charge in [0.2, 0.25) is 0 Å². The van der Waals surface area contributed by atoms with Crippen molar-refractivity contribution in [3.05, 3.63) is 23.9 Å². The molecule has 1 atom stereocenters. The zero-order valence-electron chi connectivity index (χ0n) is 16.3. The fraction of sp³-hybridized carbons (Fsp3) is 0.684. The lowest BCUT2D eigenvalue weighted by Gasteiger charge is -2.31. The van der Waals surface area contributed by atoms with Gasteiger partial charge < -0.3 is 15.5 Å². The maximum absolute atomic E-state index is 11.6. The first-order valence-electron chi connectivity index (χ1n) is 9.90. The molecule has 2 N–H and O–H groups in total. The largest absolute Gasteiger partial charge is 0.357 e. The Bertz CT molecular complexity index is 740. The molecule has 2 aliphatic rings. The molecule has 0 aromatic carbocycles. The van der Waals surface area contributed by atoms with Gasteiger partial charge in [-0.2, -0.15) is 0 Å². The molecule has 0 spiro atoms. The second-order valence-electron chi connectivity index (χ2n) is 7.63. The topological polar surface area (TPSA) is 86.7 Å². The molecule has 1 aromatic heterocycles. The average molecular weight is 394 g/mol. The van der Waals surface area contributed by atoms with Crippen molar-refractivity contribution in [3.8, 4) is 0 Å². The smallest absolute Gasteiger partial charge is 0.191 e. The second kappa shape index (κ2) is 8.91. The normalized spacial score (nSPS) is 23.4. The van der Waals surface area contributed by atoms with Crippen LogP contribution >= 0.6 is 0 Å². The molecule has 2 saturated heterocycles. The van der Waals surface area contributed by atoms with Gasteiger partial charge in [0, 0.05) is 31.9 Å². The van der Waals surface area contributed by atoms with E-state index in [-0.39, 0.29) is 17.5 Å². The molecule has 3 heterocycles. The van der Waals surface area contributed by atoms with Crippen LogP contribution in [0, 0.1) is 5.92 Å². The number of guanidine groups is 1. The van der Waals surface area contributed by atoms with Crippen LogP contribution in [0.1, 0.15) is 38.7 Å². The van der Waals surface area contributed by atoms with Crippen LogP contribution in [0.2, 0.25) is 0 Å². The Kier molecular flexibility index (Phi) is 6.57. The summed E-state index contributed by atoms with van der Waals surface area (Å²) in [6, 6.07) is 4.09. The molecule has 1 aromatic rings. The van der Waals surface area contributed by atoms with Crippen molar-refractivity contribution in [2.24, 2.45) is 10.9 Å². The van der Waals surface area contributed by atoms with Gasteiger partial charge in [0.25, 0.3) is 0 Å². The highest BCUT2D eigenvalue weighted by molar-refractivity contribution is 7.91. The first-order valence-corrected chi connectivity index (χ1v) is 11.7. The van der Waals surface area contributed by atoms with Gasteiger partial charge in [0.15, 0.2) is 15.8 Å². The molecule has 7 nitrogen and oxygen atoms in total. The predicted octanol–water partition coefficient (Wildman–Crippen LogP) is 1.56. The van der Waals surface area contributed by atoms with Crippen molar-refractivity contribution in [1.29, 1.82) is 0 Å². The molecule has 27 heavy (non-hydrogen) atoms. The third-order valence-electron chi connectivity index (χ3n) is 5.25. The highest BCUT2D eigenvalue weighted by atomic mass is 32.2. The molecule has 2 fully saturated rings. The summed E-state index contributed by atoms with van der Waals surface area (Å²) in [7, 11) is -2.90. The molecule has 2 aliphatic heterocycles. The molecule has 3 rings (SSSR count). The average Bonchev–Trinajstić information content (AvgIpc) is 2.99. The number of sulfone groups is 1. The predicted molar refractivity (Wildman–Crippen MR) is 110 cm³/mol. The number of hydrogen-bond acceptors (Lipinski definition) is 5. The summed E-state index contributed by atoms with van der Waals surface area (Å²) >= 11 is 0. The fourth-order valence-corrected chi connectivity index (χ4v) is 5.20. The number of rotatable bonds is 5. The number of nitrogens with one attached hydrogen (secondary N) is 2. The number of piperidine rings is 1.